The highest BCUT2D eigenvalue weighted by atomic mass is 35.5. The molecule has 0 spiro atoms. The average molecular weight is 624 g/mol. The summed E-state index contributed by atoms with van der Waals surface area (Å²) in [5.41, 5.74) is 0.926. The molecule has 1 fully saturated rings. The molecule has 3 aromatic carbocycles. The Bertz CT molecular complexity index is 1460. The maximum atomic E-state index is 14.4. The molecule has 4 rings (SSSR count). The summed E-state index contributed by atoms with van der Waals surface area (Å²) in [6.07, 6.45) is 0.162. The second kappa shape index (κ2) is 14.1. The van der Waals surface area contributed by atoms with E-state index in [1.165, 1.54) is 29.2 Å². The van der Waals surface area contributed by atoms with Gasteiger partial charge in [-0.3, -0.25) is 14.5 Å². The quantitative estimate of drug-likeness (QED) is 0.250. The van der Waals surface area contributed by atoms with E-state index in [1.807, 2.05) is 65.0 Å². The Morgan fingerprint density at radius 3 is 2.27 bits per heavy atom. The van der Waals surface area contributed by atoms with Gasteiger partial charge in [-0.15, -0.1) is 11.6 Å². The fraction of sp³-hybridized carbons (Fsp3) is 0.382. The molecule has 10 heteroatoms. The average Bonchev–Trinajstić information content (AvgIpc) is 2.99. The highest BCUT2D eigenvalue weighted by Gasteiger charge is 2.40. The van der Waals surface area contributed by atoms with Crippen molar-refractivity contribution in [2.45, 2.75) is 58.7 Å². The van der Waals surface area contributed by atoms with Crippen molar-refractivity contribution in [1.82, 2.24) is 9.80 Å². The van der Waals surface area contributed by atoms with E-state index in [1.54, 1.807) is 28.0 Å². The number of piperazine rings is 1. The normalized spacial score (nSPS) is 15.8. The van der Waals surface area contributed by atoms with E-state index in [0.717, 1.165) is 0 Å². The van der Waals surface area contributed by atoms with Gasteiger partial charge in [-0.1, -0.05) is 37.3 Å². The molecule has 1 aliphatic heterocycles. The van der Waals surface area contributed by atoms with E-state index in [2.05, 4.69) is 0 Å². The Balaban J connectivity index is 1.69. The minimum atomic E-state index is -1.13. The number of carbonyl (C=O) groups excluding carboxylic acids is 3. The van der Waals surface area contributed by atoms with Gasteiger partial charge in [0.15, 0.2) is 0 Å². The number of ether oxygens (including phenoxy) is 2. The van der Waals surface area contributed by atoms with Crippen LogP contribution < -0.4 is 9.64 Å². The van der Waals surface area contributed by atoms with E-state index in [4.69, 9.17) is 21.1 Å². The summed E-state index contributed by atoms with van der Waals surface area (Å²) in [5.74, 6) is -0.481. The number of benzene rings is 3. The van der Waals surface area contributed by atoms with Crippen molar-refractivity contribution in [3.8, 4) is 11.5 Å². The van der Waals surface area contributed by atoms with Gasteiger partial charge in [-0.2, -0.15) is 0 Å². The Morgan fingerprint density at radius 2 is 1.68 bits per heavy atom. The van der Waals surface area contributed by atoms with Gasteiger partial charge in [-0.05, 0) is 87.7 Å². The molecule has 8 nitrogen and oxygen atoms in total. The van der Waals surface area contributed by atoms with Crippen molar-refractivity contribution in [3.63, 3.8) is 0 Å². The van der Waals surface area contributed by atoms with E-state index in [9.17, 15) is 18.8 Å². The largest absolute Gasteiger partial charge is 0.457 e. The van der Waals surface area contributed by atoms with Crippen LogP contribution in [-0.4, -0.2) is 64.9 Å². The van der Waals surface area contributed by atoms with Gasteiger partial charge in [0, 0.05) is 25.3 Å². The van der Waals surface area contributed by atoms with Gasteiger partial charge in [0.05, 0.1) is 6.04 Å². The van der Waals surface area contributed by atoms with Crippen molar-refractivity contribution in [2.24, 2.45) is 0 Å². The molecule has 0 N–H and O–H groups in total. The number of aryl methyl sites for hydroxylation is 1. The standard InChI is InChI=1S/C34H39ClFN3O5/c1-6-26-22-37(18-19-38(26)33(42)44-34(3,4)5)32(41)31(24-12-14-25(36)15-13-24)39(30(40)21-35)29-17-16-28(20-23(29)2)43-27-10-8-7-9-11-27/h7-17,20,26,31H,6,18-19,21-22H2,1-5H3. The molecular formula is C34H39ClFN3O5. The highest BCUT2D eigenvalue weighted by molar-refractivity contribution is 6.30. The van der Waals surface area contributed by atoms with Crippen LogP contribution in [0, 0.1) is 12.7 Å². The third kappa shape index (κ3) is 7.88. The maximum absolute atomic E-state index is 14.4. The summed E-state index contributed by atoms with van der Waals surface area (Å²) in [6.45, 7) is 9.94. The van der Waals surface area contributed by atoms with Crippen LogP contribution in [0.1, 0.15) is 51.3 Å². The zero-order chi connectivity index (χ0) is 32.0. The summed E-state index contributed by atoms with van der Waals surface area (Å²) < 4.78 is 25.6. The van der Waals surface area contributed by atoms with Crippen LogP contribution in [0.2, 0.25) is 0 Å². The molecule has 1 aliphatic rings. The molecule has 0 aromatic heterocycles. The molecule has 0 radical (unpaired) electrons. The van der Waals surface area contributed by atoms with Crippen LogP contribution in [0.15, 0.2) is 72.8 Å². The zero-order valence-electron chi connectivity index (χ0n) is 25.8. The lowest BCUT2D eigenvalue weighted by Gasteiger charge is -2.43. The summed E-state index contributed by atoms with van der Waals surface area (Å²) in [7, 11) is 0. The Labute approximate surface area is 263 Å². The summed E-state index contributed by atoms with van der Waals surface area (Å²) >= 11 is 6.13. The van der Waals surface area contributed by atoms with Gasteiger partial charge >= 0.3 is 6.09 Å². The predicted molar refractivity (Wildman–Crippen MR) is 169 cm³/mol. The zero-order valence-corrected chi connectivity index (χ0v) is 26.5. The summed E-state index contributed by atoms with van der Waals surface area (Å²) in [4.78, 5) is 45.6. The number of para-hydroxylation sites is 1. The summed E-state index contributed by atoms with van der Waals surface area (Å²) in [5, 5.41) is 0. The van der Waals surface area contributed by atoms with Crippen LogP contribution in [0.5, 0.6) is 11.5 Å². The number of rotatable bonds is 8. The van der Waals surface area contributed by atoms with Crippen molar-refractivity contribution < 1.29 is 28.2 Å². The molecule has 0 bridgehead atoms. The van der Waals surface area contributed by atoms with Gasteiger partial charge in [0.1, 0.15) is 34.8 Å². The van der Waals surface area contributed by atoms with E-state index in [-0.39, 0.29) is 37.5 Å². The van der Waals surface area contributed by atoms with Crippen LogP contribution >= 0.6 is 11.6 Å². The number of amides is 3. The number of carbonyl (C=O) groups is 3. The fourth-order valence-corrected chi connectivity index (χ4v) is 5.38. The minimum Gasteiger partial charge on any atom is -0.457 e. The van der Waals surface area contributed by atoms with Crippen molar-refractivity contribution >= 4 is 35.2 Å². The van der Waals surface area contributed by atoms with Crippen LogP contribution in [-0.2, 0) is 14.3 Å². The first kappa shape index (κ1) is 32.8. The molecule has 3 amide bonds. The minimum absolute atomic E-state index is 0.234. The molecule has 2 atom stereocenters. The van der Waals surface area contributed by atoms with Gasteiger partial charge in [-0.25, -0.2) is 9.18 Å². The molecular weight excluding hydrogens is 585 g/mol. The van der Waals surface area contributed by atoms with Crippen LogP contribution in [0.4, 0.5) is 14.9 Å². The van der Waals surface area contributed by atoms with Gasteiger partial charge in [0.2, 0.25) is 5.91 Å². The lowest BCUT2D eigenvalue weighted by Crippen LogP contribution is -2.59. The van der Waals surface area contributed by atoms with Crippen LogP contribution in [0.3, 0.4) is 0 Å². The van der Waals surface area contributed by atoms with Crippen molar-refractivity contribution in [2.75, 3.05) is 30.4 Å². The Hall–Kier alpha value is -4.11. The van der Waals surface area contributed by atoms with E-state index >= 15 is 0 Å². The highest BCUT2D eigenvalue weighted by Crippen LogP contribution is 2.35. The number of anilines is 1. The maximum Gasteiger partial charge on any atom is 0.410 e. The monoisotopic (exact) mass is 623 g/mol. The second-order valence-corrected chi connectivity index (χ2v) is 12.0. The Morgan fingerprint density at radius 1 is 1.00 bits per heavy atom. The molecule has 1 heterocycles. The first-order valence-electron chi connectivity index (χ1n) is 14.7. The third-order valence-corrected chi connectivity index (χ3v) is 7.59. The lowest BCUT2D eigenvalue weighted by atomic mass is 9.99. The first-order chi connectivity index (χ1) is 20.9. The molecule has 1 saturated heterocycles. The SMILES string of the molecule is CCC1CN(C(=O)C(c2ccc(F)cc2)N(C(=O)CCl)c2ccc(Oc3ccccc3)cc2C)CCN1C(=O)OC(C)(C)C. The first-order valence-corrected chi connectivity index (χ1v) is 15.2. The molecule has 44 heavy (non-hydrogen) atoms. The molecule has 3 aromatic rings. The Kier molecular flexibility index (Phi) is 10.5. The second-order valence-electron chi connectivity index (χ2n) is 11.7. The smallest absolute Gasteiger partial charge is 0.410 e. The van der Waals surface area contributed by atoms with Gasteiger partial charge < -0.3 is 19.3 Å². The third-order valence-electron chi connectivity index (χ3n) is 7.36. The number of nitrogens with zero attached hydrogens (tertiary/aromatic N) is 3. The molecule has 234 valence electrons. The van der Waals surface area contributed by atoms with E-state index in [0.29, 0.717) is 34.7 Å². The van der Waals surface area contributed by atoms with Crippen molar-refractivity contribution in [3.05, 3.63) is 89.7 Å². The molecule has 0 saturated carbocycles. The summed E-state index contributed by atoms with van der Waals surface area (Å²) in [6, 6.07) is 18.6. The number of hydrogen-bond acceptors (Lipinski definition) is 5. The number of hydrogen-bond donors (Lipinski definition) is 0. The van der Waals surface area contributed by atoms with E-state index < -0.39 is 29.5 Å². The van der Waals surface area contributed by atoms with Crippen LogP contribution in [0.25, 0.3) is 0 Å². The predicted octanol–water partition coefficient (Wildman–Crippen LogP) is 7.10. The molecule has 2 unspecified atom stereocenters. The topological polar surface area (TPSA) is 79.4 Å². The fourth-order valence-electron chi connectivity index (χ4n) is 5.25. The van der Waals surface area contributed by atoms with Crippen molar-refractivity contribution in [1.29, 1.82) is 0 Å². The lowest BCUT2D eigenvalue weighted by molar-refractivity contribution is -0.137. The molecule has 0 aliphatic carbocycles. The number of halogens is 2. The number of alkyl halides is 1. The van der Waals surface area contributed by atoms with Gasteiger partial charge in [0.25, 0.3) is 5.91 Å².